The van der Waals surface area contributed by atoms with Gasteiger partial charge in [0.25, 0.3) is 5.69 Å². The fourth-order valence-corrected chi connectivity index (χ4v) is 1.54. The van der Waals surface area contributed by atoms with Gasteiger partial charge in [0.05, 0.1) is 17.6 Å². The van der Waals surface area contributed by atoms with Crippen LogP contribution >= 0.6 is 0 Å². The highest BCUT2D eigenvalue weighted by atomic mass is 16.6. The molecule has 0 radical (unpaired) electrons. The molecular formula is C12H8N2O4. The normalized spacial score (nSPS) is 9.78. The molecule has 0 amide bonds. The summed E-state index contributed by atoms with van der Waals surface area (Å²) in [6.07, 6.45) is 0. The summed E-state index contributed by atoms with van der Waals surface area (Å²) in [6.45, 7) is 0. The number of methoxy groups -OCH3 is 1. The van der Waals surface area contributed by atoms with Crippen LogP contribution in [0.4, 0.5) is 5.69 Å². The van der Waals surface area contributed by atoms with Crippen molar-refractivity contribution in [3.8, 4) is 23.1 Å². The van der Waals surface area contributed by atoms with Crippen LogP contribution in [0.25, 0.3) is 11.3 Å². The highest BCUT2D eigenvalue weighted by molar-refractivity contribution is 5.69. The molecular weight excluding hydrogens is 236 g/mol. The first-order chi connectivity index (χ1) is 8.65. The van der Waals surface area contributed by atoms with E-state index in [0.717, 1.165) is 0 Å². The Hall–Kier alpha value is -2.81. The van der Waals surface area contributed by atoms with Crippen molar-refractivity contribution in [1.82, 2.24) is 0 Å². The molecule has 0 fully saturated rings. The topological polar surface area (TPSA) is 89.3 Å². The largest absolute Gasteiger partial charge is 0.496 e. The maximum absolute atomic E-state index is 10.7. The average Bonchev–Trinajstić information content (AvgIpc) is 2.86. The monoisotopic (exact) mass is 244 g/mol. The van der Waals surface area contributed by atoms with Crippen LogP contribution in [0.15, 0.2) is 34.7 Å². The Morgan fingerprint density at radius 1 is 1.39 bits per heavy atom. The molecule has 1 heterocycles. The van der Waals surface area contributed by atoms with E-state index in [0.29, 0.717) is 17.1 Å². The minimum atomic E-state index is -0.503. The van der Waals surface area contributed by atoms with Gasteiger partial charge in [-0.3, -0.25) is 10.1 Å². The standard InChI is InChI=1S/C12H8N2O4/c1-17-11-4-2-8(14(15)16)6-10(11)12-5-3-9(7-13)18-12/h2-6H,1H3. The number of non-ortho nitro benzene ring substituents is 1. The summed E-state index contributed by atoms with van der Waals surface area (Å²) in [7, 11) is 1.46. The van der Waals surface area contributed by atoms with E-state index in [4.69, 9.17) is 14.4 Å². The number of nitrogens with zero attached hydrogens (tertiary/aromatic N) is 2. The molecule has 90 valence electrons. The van der Waals surface area contributed by atoms with E-state index >= 15 is 0 Å². The van der Waals surface area contributed by atoms with Crippen molar-refractivity contribution in [3.63, 3.8) is 0 Å². The van der Waals surface area contributed by atoms with Crippen LogP contribution in [-0.2, 0) is 0 Å². The molecule has 0 N–H and O–H groups in total. The van der Waals surface area contributed by atoms with Crippen molar-refractivity contribution >= 4 is 5.69 Å². The lowest BCUT2D eigenvalue weighted by molar-refractivity contribution is -0.384. The van der Waals surface area contributed by atoms with Gasteiger partial charge in [0.15, 0.2) is 0 Å². The summed E-state index contributed by atoms with van der Waals surface area (Å²) >= 11 is 0. The third kappa shape index (κ3) is 2.01. The molecule has 1 aromatic heterocycles. The van der Waals surface area contributed by atoms with Gasteiger partial charge in [-0.2, -0.15) is 5.26 Å². The first-order valence-electron chi connectivity index (χ1n) is 4.98. The molecule has 2 aromatic rings. The van der Waals surface area contributed by atoms with Gasteiger partial charge in [0.2, 0.25) is 5.76 Å². The number of rotatable bonds is 3. The maximum Gasteiger partial charge on any atom is 0.270 e. The lowest BCUT2D eigenvalue weighted by Gasteiger charge is -2.05. The minimum absolute atomic E-state index is 0.0688. The van der Waals surface area contributed by atoms with Crippen LogP contribution in [0.2, 0.25) is 0 Å². The zero-order valence-corrected chi connectivity index (χ0v) is 9.41. The summed E-state index contributed by atoms with van der Waals surface area (Å²) in [5.74, 6) is 0.935. The van der Waals surface area contributed by atoms with Gasteiger partial charge in [0, 0.05) is 12.1 Å². The smallest absolute Gasteiger partial charge is 0.270 e. The molecule has 0 saturated heterocycles. The van der Waals surface area contributed by atoms with Crippen molar-refractivity contribution in [3.05, 3.63) is 46.2 Å². The van der Waals surface area contributed by atoms with E-state index < -0.39 is 4.92 Å². The number of benzene rings is 1. The van der Waals surface area contributed by atoms with E-state index in [-0.39, 0.29) is 11.4 Å². The van der Waals surface area contributed by atoms with Gasteiger partial charge in [-0.25, -0.2) is 0 Å². The molecule has 6 heteroatoms. The van der Waals surface area contributed by atoms with Crippen molar-refractivity contribution in [2.45, 2.75) is 0 Å². The summed E-state index contributed by atoms with van der Waals surface area (Å²) in [5, 5.41) is 19.4. The lowest BCUT2D eigenvalue weighted by Crippen LogP contribution is -1.91. The highest BCUT2D eigenvalue weighted by Gasteiger charge is 2.15. The van der Waals surface area contributed by atoms with Crippen LogP contribution in [0, 0.1) is 21.4 Å². The van der Waals surface area contributed by atoms with Gasteiger partial charge in [0.1, 0.15) is 17.6 Å². The van der Waals surface area contributed by atoms with Crippen molar-refractivity contribution in [2.75, 3.05) is 7.11 Å². The molecule has 0 unspecified atom stereocenters. The Bertz CT molecular complexity index is 640. The predicted molar refractivity (Wildman–Crippen MR) is 62.1 cm³/mol. The average molecular weight is 244 g/mol. The molecule has 1 aromatic carbocycles. The van der Waals surface area contributed by atoms with Crippen molar-refractivity contribution in [1.29, 1.82) is 5.26 Å². The van der Waals surface area contributed by atoms with E-state index in [1.54, 1.807) is 6.07 Å². The lowest BCUT2D eigenvalue weighted by atomic mass is 10.1. The van der Waals surface area contributed by atoms with Gasteiger partial charge in [-0.15, -0.1) is 0 Å². The number of nitro benzene ring substituents is 1. The van der Waals surface area contributed by atoms with Crippen molar-refractivity contribution in [2.24, 2.45) is 0 Å². The molecule has 0 bridgehead atoms. The summed E-state index contributed by atoms with van der Waals surface area (Å²) in [6, 6.07) is 9.09. The van der Waals surface area contributed by atoms with Crippen LogP contribution in [0.3, 0.4) is 0 Å². The van der Waals surface area contributed by atoms with Gasteiger partial charge >= 0.3 is 0 Å². The van der Waals surface area contributed by atoms with Crippen molar-refractivity contribution < 1.29 is 14.1 Å². The first-order valence-corrected chi connectivity index (χ1v) is 4.98. The molecule has 0 atom stereocenters. The molecule has 0 saturated carbocycles. The van der Waals surface area contributed by atoms with E-state index in [1.165, 1.54) is 31.4 Å². The molecule has 0 aliphatic heterocycles. The Kier molecular flexibility index (Phi) is 2.98. The zero-order valence-electron chi connectivity index (χ0n) is 9.41. The molecule has 18 heavy (non-hydrogen) atoms. The number of ether oxygens (including phenoxy) is 1. The number of hydrogen-bond acceptors (Lipinski definition) is 5. The number of furan rings is 1. The van der Waals surface area contributed by atoms with Gasteiger partial charge < -0.3 is 9.15 Å². The fraction of sp³-hybridized carbons (Fsp3) is 0.0833. The molecule has 0 aliphatic rings. The Morgan fingerprint density at radius 2 is 2.17 bits per heavy atom. The van der Waals surface area contributed by atoms with Crippen LogP contribution in [0.1, 0.15) is 5.76 Å². The highest BCUT2D eigenvalue weighted by Crippen LogP contribution is 2.34. The number of hydrogen-bond donors (Lipinski definition) is 0. The van der Waals surface area contributed by atoms with Crippen LogP contribution in [-0.4, -0.2) is 12.0 Å². The third-order valence-corrected chi connectivity index (χ3v) is 2.38. The summed E-state index contributed by atoms with van der Waals surface area (Å²) in [5.41, 5.74) is 0.369. The molecule has 0 spiro atoms. The summed E-state index contributed by atoms with van der Waals surface area (Å²) in [4.78, 5) is 10.2. The zero-order chi connectivity index (χ0) is 13.1. The van der Waals surface area contributed by atoms with E-state index in [9.17, 15) is 10.1 Å². The molecule has 0 aliphatic carbocycles. The Labute approximate surface area is 102 Å². The predicted octanol–water partition coefficient (Wildman–Crippen LogP) is 2.74. The Balaban J connectivity index is 2.57. The molecule has 2 rings (SSSR count). The second-order valence-electron chi connectivity index (χ2n) is 3.42. The SMILES string of the molecule is COc1ccc([N+](=O)[O-])cc1-c1ccc(C#N)o1. The quantitative estimate of drug-likeness (QED) is 0.611. The van der Waals surface area contributed by atoms with E-state index in [1.807, 2.05) is 6.07 Å². The fourth-order valence-electron chi connectivity index (χ4n) is 1.54. The van der Waals surface area contributed by atoms with E-state index in [2.05, 4.69) is 0 Å². The Morgan fingerprint density at radius 3 is 2.72 bits per heavy atom. The first kappa shape index (κ1) is 11.7. The number of nitro groups is 1. The second-order valence-corrected chi connectivity index (χ2v) is 3.42. The van der Waals surface area contributed by atoms with Crippen LogP contribution < -0.4 is 4.74 Å². The summed E-state index contributed by atoms with van der Waals surface area (Å²) < 4.78 is 10.3. The minimum Gasteiger partial charge on any atom is -0.496 e. The number of nitriles is 1. The maximum atomic E-state index is 10.7. The second kappa shape index (κ2) is 4.59. The third-order valence-electron chi connectivity index (χ3n) is 2.38. The van der Waals surface area contributed by atoms with Crippen LogP contribution in [0.5, 0.6) is 5.75 Å². The van der Waals surface area contributed by atoms with Gasteiger partial charge in [-0.1, -0.05) is 0 Å². The molecule has 6 nitrogen and oxygen atoms in total. The van der Waals surface area contributed by atoms with Gasteiger partial charge in [-0.05, 0) is 18.2 Å².